The Morgan fingerprint density at radius 3 is 2.67 bits per heavy atom. The van der Waals surface area contributed by atoms with Gasteiger partial charge in [-0.2, -0.15) is 0 Å². The third-order valence-corrected chi connectivity index (χ3v) is 2.60. The number of imidazole rings is 1. The molecule has 0 fully saturated rings. The van der Waals surface area contributed by atoms with Gasteiger partial charge in [0.2, 0.25) is 0 Å². The lowest BCUT2D eigenvalue weighted by molar-refractivity contribution is 0.518. The van der Waals surface area contributed by atoms with Crippen molar-refractivity contribution >= 4 is 11.0 Å². The van der Waals surface area contributed by atoms with Crippen molar-refractivity contribution in [1.82, 2.24) is 9.55 Å². The fourth-order valence-corrected chi connectivity index (χ4v) is 1.96. The molecule has 2 rings (SSSR count). The highest BCUT2D eigenvalue weighted by molar-refractivity contribution is 5.75. The van der Waals surface area contributed by atoms with Crippen LogP contribution in [0.2, 0.25) is 0 Å². The summed E-state index contributed by atoms with van der Waals surface area (Å²) in [5.74, 6) is 1.86. The molecule has 2 heteroatoms. The maximum atomic E-state index is 4.65. The van der Waals surface area contributed by atoms with E-state index in [1.54, 1.807) is 0 Å². The Labute approximate surface area is 90.9 Å². The van der Waals surface area contributed by atoms with Crippen LogP contribution in [0.3, 0.4) is 0 Å². The van der Waals surface area contributed by atoms with Gasteiger partial charge < -0.3 is 4.57 Å². The molecule has 0 unspecified atom stereocenters. The zero-order valence-electron chi connectivity index (χ0n) is 9.70. The molecule has 1 heterocycles. The van der Waals surface area contributed by atoms with Crippen LogP contribution < -0.4 is 0 Å². The molecule has 0 saturated heterocycles. The van der Waals surface area contributed by atoms with E-state index in [2.05, 4.69) is 54.6 Å². The Hall–Kier alpha value is -1.31. The van der Waals surface area contributed by atoms with Crippen LogP contribution in [-0.4, -0.2) is 9.55 Å². The van der Waals surface area contributed by atoms with Gasteiger partial charge in [0.15, 0.2) is 0 Å². The minimum absolute atomic E-state index is 0.660. The lowest BCUT2D eigenvalue weighted by atomic mass is 10.2. The van der Waals surface area contributed by atoms with Crippen molar-refractivity contribution < 1.29 is 0 Å². The van der Waals surface area contributed by atoms with E-state index in [0.717, 1.165) is 18.5 Å². The van der Waals surface area contributed by atoms with E-state index in [-0.39, 0.29) is 0 Å². The van der Waals surface area contributed by atoms with Gasteiger partial charge in [-0.05, 0) is 18.1 Å². The number of benzene rings is 1. The molecule has 0 saturated carbocycles. The van der Waals surface area contributed by atoms with Crippen molar-refractivity contribution in [3.63, 3.8) is 0 Å². The van der Waals surface area contributed by atoms with E-state index < -0.39 is 0 Å². The molecular formula is C13H18N2. The van der Waals surface area contributed by atoms with Gasteiger partial charge in [0.05, 0.1) is 11.0 Å². The highest BCUT2D eigenvalue weighted by Gasteiger charge is 2.09. The first-order valence-corrected chi connectivity index (χ1v) is 5.66. The van der Waals surface area contributed by atoms with E-state index in [0.29, 0.717) is 5.92 Å². The summed E-state index contributed by atoms with van der Waals surface area (Å²) in [5.41, 5.74) is 2.39. The third kappa shape index (κ3) is 1.89. The average molecular weight is 202 g/mol. The van der Waals surface area contributed by atoms with Gasteiger partial charge in [0, 0.05) is 13.0 Å². The number of para-hydroxylation sites is 2. The molecular weight excluding hydrogens is 184 g/mol. The minimum atomic E-state index is 0.660. The van der Waals surface area contributed by atoms with Gasteiger partial charge in [-0.15, -0.1) is 0 Å². The first-order valence-electron chi connectivity index (χ1n) is 5.66. The van der Waals surface area contributed by atoms with Gasteiger partial charge in [-0.1, -0.05) is 32.9 Å². The average Bonchev–Trinajstić information content (AvgIpc) is 2.56. The maximum absolute atomic E-state index is 4.65. The van der Waals surface area contributed by atoms with Crippen molar-refractivity contribution in [3.8, 4) is 0 Å². The van der Waals surface area contributed by atoms with E-state index >= 15 is 0 Å². The molecule has 1 aromatic carbocycles. The number of fused-ring (bicyclic) bond motifs is 1. The van der Waals surface area contributed by atoms with Crippen LogP contribution in [0.15, 0.2) is 24.3 Å². The second kappa shape index (κ2) is 4.05. The summed E-state index contributed by atoms with van der Waals surface area (Å²) < 4.78 is 2.35. The van der Waals surface area contributed by atoms with Crippen LogP contribution in [0.5, 0.6) is 0 Å². The van der Waals surface area contributed by atoms with Gasteiger partial charge >= 0.3 is 0 Å². The van der Waals surface area contributed by atoms with Crippen LogP contribution in [0, 0.1) is 5.92 Å². The summed E-state index contributed by atoms with van der Waals surface area (Å²) in [5, 5.41) is 0. The van der Waals surface area contributed by atoms with Crippen LogP contribution in [0.1, 0.15) is 26.6 Å². The number of hydrogen-bond acceptors (Lipinski definition) is 1. The Morgan fingerprint density at radius 2 is 2.00 bits per heavy atom. The molecule has 2 aromatic rings. The molecule has 0 aliphatic rings. The lowest BCUT2D eigenvalue weighted by Crippen LogP contribution is -2.07. The Kier molecular flexibility index (Phi) is 2.76. The SMILES string of the molecule is CCc1nc2ccccc2n1CC(C)C. The summed E-state index contributed by atoms with van der Waals surface area (Å²) in [6, 6.07) is 8.38. The zero-order chi connectivity index (χ0) is 10.8. The van der Waals surface area contributed by atoms with Gasteiger partial charge in [0.1, 0.15) is 5.82 Å². The Morgan fingerprint density at radius 1 is 1.27 bits per heavy atom. The number of nitrogens with zero attached hydrogens (tertiary/aromatic N) is 2. The second-order valence-electron chi connectivity index (χ2n) is 4.37. The standard InChI is InChI=1S/C13H18N2/c1-4-13-14-11-7-5-6-8-12(11)15(13)9-10(2)3/h5-8,10H,4,9H2,1-3H3. The molecule has 0 aliphatic heterocycles. The largest absolute Gasteiger partial charge is 0.328 e. The summed E-state index contributed by atoms with van der Waals surface area (Å²) in [4.78, 5) is 4.65. The van der Waals surface area contributed by atoms with Gasteiger partial charge in [-0.3, -0.25) is 0 Å². The molecule has 0 atom stereocenters. The van der Waals surface area contributed by atoms with Gasteiger partial charge in [-0.25, -0.2) is 4.98 Å². The van der Waals surface area contributed by atoms with Crippen LogP contribution in [-0.2, 0) is 13.0 Å². The van der Waals surface area contributed by atoms with E-state index in [9.17, 15) is 0 Å². The number of hydrogen-bond donors (Lipinski definition) is 0. The molecule has 15 heavy (non-hydrogen) atoms. The Balaban J connectivity index is 2.56. The molecule has 0 radical (unpaired) electrons. The van der Waals surface area contributed by atoms with Crippen molar-refractivity contribution in [2.24, 2.45) is 5.92 Å². The number of rotatable bonds is 3. The molecule has 0 amide bonds. The quantitative estimate of drug-likeness (QED) is 0.747. The smallest absolute Gasteiger partial charge is 0.109 e. The summed E-state index contributed by atoms with van der Waals surface area (Å²) in [6.45, 7) is 7.71. The predicted molar refractivity (Wildman–Crippen MR) is 63.9 cm³/mol. The van der Waals surface area contributed by atoms with E-state index in [1.165, 1.54) is 11.3 Å². The van der Waals surface area contributed by atoms with Crippen molar-refractivity contribution in [3.05, 3.63) is 30.1 Å². The van der Waals surface area contributed by atoms with Crippen molar-refractivity contribution in [2.45, 2.75) is 33.7 Å². The minimum Gasteiger partial charge on any atom is -0.328 e. The number of aryl methyl sites for hydroxylation is 1. The van der Waals surface area contributed by atoms with E-state index in [4.69, 9.17) is 0 Å². The second-order valence-corrected chi connectivity index (χ2v) is 4.37. The molecule has 0 spiro atoms. The molecule has 0 bridgehead atoms. The first kappa shape index (κ1) is 10.2. The Bertz CT molecular complexity index is 455. The normalized spacial score (nSPS) is 11.5. The molecule has 1 aromatic heterocycles. The highest BCUT2D eigenvalue weighted by atomic mass is 15.1. The molecule has 0 aliphatic carbocycles. The van der Waals surface area contributed by atoms with Crippen molar-refractivity contribution in [1.29, 1.82) is 0 Å². The third-order valence-electron chi connectivity index (χ3n) is 2.60. The number of aromatic nitrogens is 2. The maximum Gasteiger partial charge on any atom is 0.109 e. The monoisotopic (exact) mass is 202 g/mol. The summed E-state index contributed by atoms with van der Waals surface area (Å²) in [6.07, 6.45) is 1.00. The van der Waals surface area contributed by atoms with E-state index in [1.807, 2.05) is 0 Å². The first-order chi connectivity index (χ1) is 7.22. The fraction of sp³-hybridized carbons (Fsp3) is 0.462. The van der Waals surface area contributed by atoms with Crippen LogP contribution >= 0.6 is 0 Å². The molecule has 0 N–H and O–H groups in total. The topological polar surface area (TPSA) is 17.8 Å². The van der Waals surface area contributed by atoms with Gasteiger partial charge in [0.25, 0.3) is 0 Å². The summed E-state index contributed by atoms with van der Waals surface area (Å²) in [7, 11) is 0. The fourth-order valence-electron chi connectivity index (χ4n) is 1.96. The predicted octanol–water partition coefficient (Wildman–Crippen LogP) is 3.25. The highest BCUT2D eigenvalue weighted by Crippen LogP contribution is 2.17. The molecule has 80 valence electrons. The lowest BCUT2D eigenvalue weighted by Gasteiger charge is -2.10. The van der Waals surface area contributed by atoms with Crippen LogP contribution in [0.4, 0.5) is 0 Å². The zero-order valence-corrected chi connectivity index (χ0v) is 9.70. The molecule has 2 nitrogen and oxygen atoms in total. The van der Waals surface area contributed by atoms with Crippen LogP contribution in [0.25, 0.3) is 11.0 Å². The van der Waals surface area contributed by atoms with Crippen molar-refractivity contribution in [2.75, 3.05) is 0 Å². The summed E-state index contributed by atoms with van der Waals surface area (Å²) >= 11 is 0.